The Balaban J connectivity index is 2.09. The maximum Gasteiger partial charge on any atom is 0.509 e. The monoisotopic (exact) mass is 1310 g/mol. The zero-order chi connectivity index (χ0) is 65.3. The van der Waals surface area contributed by atoms with E-state index in [1.807, 2.05) is 6.08 Å². The molecule has 0 bridgehead atoms. The first-order valence-corrected chi connectivity index (χ1v) is 33.9. The summed E-state index contributed by atoms with van der Waals surface area (Å²) in [6, 6.07) is 15.2. The van der Waals surface area contributed by atoms with Gasteiger partial charge in [0.1, 0.15) is 49.3 Å². The molecule has 1 saturated heterocycles. The van der Waals surface area contributed by atoms with Gasteiger partial charge in [0.05, 0.1) is 30.4 Å². The van der Waals surface area contributed by atoms with Crippen LogP contribution in [0.25, 0.3) is 0 Å². The third-order valence-electron chi connectivity index (χ3n) is 14.4. The van der Waals surface area contributed by atoms with Gasteiger partial charge in [-0.05, 0) is 91.1 Å². The Morgan fingerprint density at radius 3 is 1.53 bits per heavy atom. The SMILES string of the molecule is CCCCCCCCCCCCC/C=C/[C@@H](OC(=O)c1ccccc1)[C@H](CO[C@H]1O[C@H](COCC(=O)OC(C)(C)C)[C@H](OCC(=O)OC(C)(C)C)[C@H](OC(=O)c2ccccc2)[C@H]1OC(=O)OCC(Cl)(Cl)Cl)NC(=O)CCCCCCCCCCCCCCC. The number of carbonyl (C=O) groups excluding carboxylic acids is 6. The van der Waals surface area contributed by atoms with Crippen molar-refractivity contribution in [3.05, 3.63) is 83.9 Å². The van der Waals surface area contributed by atoms with E-state index in [1.54, 1.807) is 96.1 Å². The smallest absolute Gasteiger partial charge is 0.458 e. The van der Waals surface area contributed by atoms with Crippen molar-refractivity contribution in [2.24, 2.45) is 0 Å². The molecule has 0 unspecified atom stereocenters. The Hall–Kier alpha value is -4.49. The van der Waals surface area contributed by atoms with Crippen molar-refractivity contribution in [2.75, 3.05) is 33.0 Å². The summed E-state index contributed by atoms with van der Waals surface area (Å²) in [5.41, 5.74) is -1.46. The molecule has 0 saturated carbocycles. The molecule has 1 aliphatic heterocycles. The van der Waals surface area contributed by atoms with E-state index in [4.69, 9.17) is 82.2 Å². The molecular weight excluding hydrogens is 1210 g/mol. The minimum Gasteiger partial charge on any atom is -0.458 e. The zero-order valence-electron chi connectivity index (χ0n) is 54.6. The first-order chi connectivity index (χ1) is 42.5. The number of rotatable bonds is 45. The molecule has 3 rings (SSSR count). The summed E-state index contributed by atoms with van der Waals surface area (Å²) in [6.45, 7) is 11.5. The lowest BCUT2D eigenvalue weighted by Crippen LogP contribution is -2.63. The Bertz CT molecular complexity index is 2310. The number of amides is 1. The molecule has 1 fully saturated rings. The van der Waals surface area contributed by atoms with Gasteiger partial charge in [-0.1, -0.05) is 232 Å². The number of ether oxygens (including phenoxy) is 10. The molecule has 20 heteroatoms. The highest BCUT2D eigenvalue weighted by atomic mass is 35.6. The maximum absolute atomic E-state index is 14.2. The Labute approximate surface area is 546 Å². The second-order valence-electron chi connectivity index (χ2n) is 25.0. The third kappa shape index (κ3) is 37.6. The number of nitrogens with one attached hydrogen (secondary N) is 1. The first kappa shape index (κ1) is 78.8. The molecule has 1 aliphatic rings. The fraction of sp³-hybridized carbons (Fsp3) is 0.710. The number of esters is 4. The van der Waals surface area contributed by atoms with Crippen LogP contribution < -0.4 is 5.32 Å². The summed E-state index contributed by atoms with van der Waals surface area (Å²) in [5.74, 6) is -3.47. The standard InChI is InChI=1S/C69H106Cl3NO16/c1-9-11-13-15-17-19-21-23-25-27-29-31-39-45-55(84-63(77)52-41-35-33-36-42-52)54(73-57(74)46-40-32-30-28-26-24-22-20-18-16-14-12-10-2)47-82-65-62(87-66(79)83-51-69(70,71)72)61(86-64(78)53-43-37-34-38-44-53)60(81-50-59(76)89-68(6,7)8)56(85-65)48-80-49-58(75)88-67(3,4)5/h33-39,41-45,54-56,60-62,65H,9-32,40,46-51H2,1-8H3,(H,73,74)/b45-39+/t54-,55+,56+,60-,61-,62+,65-/m0/s1. The minimum absolute atomic E-state index is 0.0758. The topological polar surface area (TPSA) is 207 Å². The van der Waals surface area contributed by atoms with Crippen LogP contribution in [-0.4, -0.2) is 127 Å². The minimum atomic E-state index is -2.09. The van der Waals surface area contributed by atoms with E-state index in [-0.39, 0.29) is 23.5 Å². The number of carbonyl (C=O) groups is 6. The molecule has 0 aromatic heterocycles. The van der Waals surface area contributed by atoms with Crippen LogP contribution in [0.15, 0.2) is 72.8 Å². The van der Waals surface area contributed by atoms with E-state index in [1.165, 1.54) is 108 Å². The van der Waals surface area contributed by atoms with Crippen molar-refractivity contribution in [3.8, 4) is 0 Å². The lowest BCUT2D eigenvalue weighted by Gasteiger charge is -2.45. The van der Waals surface area contributed by atoms with Crippen LogP contribution in [-0.2, 0) is 61.8 Å². The van der Waals surface area contributed by atoms with Gasteiger partial charge < -0.3 is 52.7 Å². The van der Waals surface area contributed by atoms with Crippen LogP contribution in [0, 0.1) is 0 Å². The Morgan fingerprint density at radius 1 is 0.562 bits per heavy atom. The number of benzene rings is 2. The van der Waals surface area contributed by atoms with Crippen molar-refractivity contribution >= 4 is 70.7 Å². The number of alkyl halides is 3. The predicted molar refractivity (Wildman–Crippen MR) is 347 cm³/mol. The van der Waals surface area contributed by atoms with Crippen molar-refractivity contribution < 1.29 is 76.1 Å². The van der Waals surface area contributed by atoms with Crippen molar-refractivity contribution in [3.63, 3.8) is 0 Å². The quantitative estimate of drug-likeness (QED) is 0.0215. The molecule has 2 aromatic rings. The molecule has 1 N–H and O–H groups in total. The van der Waals surface area contributed by atoms with Gasteiger partial charge in [-0.15, -0.1) is 0 Å². The highest BCUT2D eigenvalue weighted by Gasteiger charge is 2.53. The van der Waals surface area contributed by atoms with Crippen LogP contribution in [0.2, 0.25) is 0 Å². The summed E-state index contributed by atoms with van der Waals surface area (Å²) in [7, 11) is 0. The van der Waals surface area contributed by atoms with Gasteiger partial charge in [0.2, 0.25) is 9.70 Å². The van der Waals surface area contributed by atoms with E-state index >= 15 is 0 Å². The second-order valence-corrected chi connectivity index (χ2v) is 27.5. The van der Waals surface area contributed by atoms with Gasteiger partial charge in [-0.3, -0.25) is 4.79 Å². The largest absolute Gasteiger partial charge is 0.509 e. The zero-order valence-corrected chi connectivity index (χ0v) is 56.8. The Kier molecular flexibility index (Phi) is 39.7. The molecule has 0 aliphatic carbocycles. The highest BCUT2D eigenvalue weighted by molar-refractivity contribution is 6.67. The fourth-order valence-electron chi connectivity index (χ4n) is 10.0. The number of halogens is 3. The first-order valence-electron chi connectivity index (χ1n) is 32.8. The molecule has 7 atom stereocenters. The van der Waals surface area contributed by atoms with E-state index in [9.17, 15) is 28.8 Å². The predicted octanol–water partition coefficient (Wildman–Crippen LogP) is 16.4. The molecule has 0 spiro atoms. The lowest BCUT2D eigenvalue weighted by molar-refractivity contribution is -0.310. The normalized spacial score (nSPS) is 17.8. The molecule has 2 aromatic carbocycles. The molecule has 1 heterocycles. The average Bonchev–Trinajstić information content (AvgIpc) is 1.76. The van der Waals surface area contributed by atoms with E-state index in [0.717, 1.165) is 51.4 Å². The van der Waals surface area contributed by atoms with E-state index in [0.29, 0.717) is 12.8 Å². The molecule has 0 radical (unpaired) electrons. The highest BCUT2D eigenvalue weighted by Crippen LogP contribution is 2.33. The van der Waals surface area contributed by atoms with Gasteiger partial charge in [-0.2, -0.15) is 0 Å². The van der Waals surface area contributed by atoms with Crippen LogP contribution in [0.4, 0.5) is 4.79 Å². The van der Waals surface area contributed by atoms with Gasteiger partial charge in [-0.25, -0.2) is 24.0 Å². The lowest BCUT2D eigenvalue weighted by atomic mass is 9.98. The number of hydrogen-bond acceptors (Lipinski definition) is 16. The van der Waals surface area contributed by atoms with Crippen molar-refractivity contribution in [2.45, 2.75) is 280 Å². The summed E-state index contributed by atoms with van der Waals surface area (Å²) >= 11 is 18.0. The van der Waals surface area contributed by atoms with Gasteiger partial charge in [0, 0.05) is 6.42 Å². The fourth-order valence-corrected chi connectivity index (χ4v) is 10.2. The van der Waals surface area contributed by atoms with Gasteiger partial charge in [0.15, 0.2) is 18.5 Å². The molecule has 89 heavy (non-hydrogen) atoms. The summed E-state index contributed by atoms with van der Waals surface area (Å²) in [6.07, 6.45) is 21.2. The Morgan fingerprint density at radius 2 is 1.03 bits per heavy atom. The average molecular weight is 1310 g/mol. The molecule has 17 nitrogen and oxygen atoms in total. The van der Waals surface area contributed by atoms with Crippen molar-refractivity contribution in [1.82, 2.24) is 5.32 Å². The van der Waals surface area contributed by atoms with Crippen LogP contribution >= 0.6 is 34.8 Å². The van der Waals surface area contributed by atoms with Gasteiger partial charge in [0.25, 0.3) is 0 Å². The molecule has 1 amide bonds. The van der Waals surface area contributed by atoms with Gasteiger partial charge >= 0.3 is 30.0 Å². The van der Waals surface area contributed by atoms with E-state index in [2.05, 4.69) is 19.2 Å². The van der Waals surface area contributed by atoms with Crippen LogP contribution in [0.5, 0.6) is 0 Å². The van der Waals surface area contributed by atoms with Crippen molar-refractivity contribution in [1.29, 1.82) is 0 Å². The summed E-state index contributed by atoms with van der Waals surface area (Å²) in [5, 5.41) is 3.09. The number of allylic oxidation sites excluding steroid dienone is 1. The maximum atomic E-state index is 14.2. The number of hydrogen-bond donors (Lipinski definition) is 1. The second kappa shape index (κ2) is 44.9. The van der Waals surface area contributed by atoms with E-state index < -0.39 is 121 Å². The van der Waals surface area contributed by atoms with Crippen LogP contribution in [0.3, 0.4) is 0 Å². The summed E-state index contributed by atoms with van der Waals surface area (Å²) < 4.78 is 58.0. The molecular formula is C69H106Cl3NO16. The number of unbranched alkanes of at least 4 members (excludes halogenated alkanes) is 23. The molecule has 504 valence electrons. The van der Waals surface area contributed by atoms with Crippen LogP contribution in [0.1, 0.15) is 243 Å². The summed E-state index contributed by atoms with van der Waals surface area (Å²) in [4.78, 5) is 82.7. The third-order valence-corrected chi connectivity index (χ3v) is 14.7.